The average molecular weight is 324 g/mol. The molecule has 0 aliphatic carbocycles. The van der Waals surface area contributed by atoms with Crippen molar-refractivity contribution in [2.24, 2.45) is 5.92 Å². The third kappa shape index (κ3) is 5.23. The fourth-order valence-electron chi connectivity index (χ4n) is 2.58. The van der Waals surface area contributed by atoms with Crippen molar-refractivity contribution in [2.75, 3.05) is 5.32 Å². The molecule has 0 bridgehead atoms. The lowest BCUT2D eigenvalue weighted by atomic mass is 9.96. The number of hydrogen-bond acceptors (Lipinski definition) is 2. The Kier molecular flexibility index (Phi) is 6.13. The molecule has 2 N–H and O–H groups in total. The minimum absolute atomic E-state index is 0.0197. The van der Waals surface area contributed by atoms with Crippen LogP contribution in [0, 0.1) is 5.92 Å². The van der Waals surface area contributed by atoms with Crippen LogP contribution in [0.2, 0.25) is 0 Å². The number of carbonyl (C=O) groups is 2. The molecule has 0 saturated heterocycles. The number of anilines is 1. The summed E-state index contributed by atoms with van der Waals surface area (Å²) in [6, 6.07) is 16.9. The second-order valence-electron chi connectivity index (χ2n) is 6.32. The van der Waals surface area contributed by atoms with Crippen molar-refractivity contribution < 1.29 is 9.59 Å². The highest BCUT2D eigenvalue weighted by Crippen LogP contribution is 2.22. The van der Waals surface area contributed by atoms with Crippen molar-refractivity contribution >= 4 is 17.5 Å². The molecule has 2 rings (SSSR count). The summed E-state index contributed by atoms with van der Waals surface area (Å²) >= 11 is 0. The van der Waals surface area contributed by atoms with Crippen molar-refractivity contribution in [3.63, 3.8) is 0 Å². The first-order chi connectivity index (χ1) is 11.5. The Balaban J connectivity index is 2.11. The molecule has 0 radical (unpaired) electrons. The van der Waals surface area contributed by atoms with Crippen LogP contribution in [0.15, 0.2) is 54.6 Å². The van der Waals surface area contributed by atoms with Crippen molar-refractivity contribution in [2.45, 2.75) is 33.2 Å². The van der Waals surface area contributed by atoms with Crippen LogP contribution in [0.4, 0.5) is 5.69 Å². The molecular formula is C20H24N2O2. The maximum Gasteiger partial charge on any atom is 0.251 e. The number of rotatable bonds is 6. The normalized spacial score (nSPS) is 11.8. The Hall–Kier alpha value is -2.62. The van der Waals surface area contributed by atoms with Gasteiger partial charge < -0.3 is 10.6 Å². The van der Waals surface area contributed by atoms with Crippen LogP contribution < -0.4 is 10.6 Å². The first-order valence-electron chi connectivity index (χ1n) is 8.19. The van der Waals surface area contributed by atoms with E-state index in [1.54, 1.807) is 24.3 Å². The summed E-state index contributed by atoms with van der Waals surface area (Å²) in [4.78, 5) is 23.6. The highest BCUT2D eigenvalue weighted by atomic mass is 16.2. The number of nitrogens with one attached hydrogen (secondary N) is 2. The van der Waals surface area contributed by atoms with Crippen LogP contribution in [-0.2, 0) is 4.79 Å². The van der Waals surface area contributed by atoms with E-state index in [1.165, 1.54) is 6.92 Å². The number of amides is 2. The molecule has 24 heavy (non-hydrogen) atoms. The first kappa shape index (κ1) is 17.7. The summed E-state index contributed by atoms with van der Waals surface area (Å²) in [5.41, 5.74) is 2.36. The minimum atomic E-state index is -0.131. The predicted octanol–water partition coefficient (Wildman–Crippen LogP) is 4.16. The van der Waals surface area contributed by atoms with E-state index in [-0.39, 0.29) is 17.9 Å². The fraction of sp³-hybridized carbons (Fsp3) is 0.300. The molecule has 2 aromatic carbocycles. The van der Waals surface area contributed by atoms with Gasteiger partial charge in [-0.2, -0.15) is 0 Å². The van der Waals surface area contributed by atoms with Gasteiger partial charge in [-0.3, -0.25) is 9.59 Å². The van der Waals surface area contributed by atoms with Crippen molar-refractivity contribution in [3.05, 3.63) is 65.7 Å². The Labute approximate surface area is 143 Å². The minimum Gasteiger partial charge on any atom is -0.345 e. The number of hydrogen-bond donors (Lipinski definition) is 2. The Morgan fingerprint density at radius 1 is 0.958 bits per heavy atom. The van der Waals surface area contributed by atoms with Crippen LogP contribution >= 0.6 is 0 Å². The summed E-state index contributed by atoms with van der Waals surface area (Å²) in [5, 5.41) is 5.81. The van der Waals surface area contributed by atoms with Gasteiger partial charge in [-0.1, -0.05) is 44.2 Å². The van der Waals surface area contributed by atoms with E-state index in [0.29, 0.717) is 17.2 Å². The van der Waals surface area contributed by atoms with Crippen LogP contribution in [0.25, 0.3) is 0 Å². The Morgan fingerprint density at radius 2 is 1.58 bits per heavy atom. The lowest BCUT2D eigenvalue weighted by Crippen LogP contribution is -2.29. The standard InChI is InChI=1S/C20H24N2O2/c1-14(2)13-19(16-7-5-4-6-8-16)22-20(24)17-9-11-18(12-10-17)21-15(3)23/h4-12,14,19H,13H2,1-3H3,(H,21,23)(H,22,24). The molecule has 0 aliphatic heterocycles. The highest BCUT2D eigenvalue weighted by Gasteiger charge is 2.17. The van der Waals surface area contributed by atoms with Gasteiger partial charge in [-0.15, -0.1) is 0 Å². The van der Waals surface area contributed by atoms with Crippen molar-refractivity contribution in [1.82, 2.24) is 5.32 Å². The van der Waals surface area contributed by atoms with Gasteiger partial charge in [0.25, 0.3) is 5.91 Å². The van der Waals surface area contributed by atoms with E-state index >= 15 is 0 Å². The molecule has 1 atom stereocenters. The second-order valence-corrected chi connectivity index (χ2v) is 6.32. The lowest BCUT2D eigenvalue weighted by Gasteiger charge is -2.21. The largest absolute Gasteiger partial charge is 0.345 e. The monoisotopic (exact) mass is 324 g/mol. The van der Waals surface area contributed by atoms with Gasteiger partial charge in [0, 0.05) is 18.2 Å². The summed E-state index contributed by atoms with van der Waals surface area (Å²) < 4.78 is 0. The van der Waals surface area contributed by atoms with E-state index in [1.807, 2.05) is 30.3 Å². The van der Waals surface area contributed by atoms with Crippen LogP contribution in [0.1, 0.15) is 49.2 Å². The van der Waals surface area contributed by atoms with Gasteiger partial charge in [0.05, 0.1) is 6.04 Å². The third-order valence-electron chi connectivity index (χ3n) is 3.68. The van der Waals surface area contributed by atoms with Gasteiger partial charge in [-0.25, -0.2) is 0 Å². The third-order valence-corrected chi connectivity index (χ3v) is 3.68. The van der Waals surface area contributed by atoms with Gasteiger partial charge in [-0.05, 0) is 42.2 Å². The maximum atomic E-state index is 12.5. The zero-order valence-corrected chi connectivity index (χ0v) is 14.4. The quantitative estimate of drug-likeness (QED) is 0.838. The van der Waals surface area contributed by atoms with Crippen molar-refractivity contribution in [1.29, 1.82) is 0 Å². The summed E-state index contributed by atoms with van der Waals surface area (Å²) in [7, 11) is 0. The molecule has 0 heterocycles. The molecule has 0 fully saturated rings. The number of carbonyl (C=O) groups excluding carboxylic acids is 2. The topological polar surface area (TPSA) is 58.2 Å². The van der Waals surface area contributed by atoms with Gasteiger partial charge in [0.1, 0.15) is 0 Å². The molecule has 4 heteroatoms. The van der Waals surface area contributed by atoms with E-state index in [9.17, 15) is 9.59 Å². The molecule has 2 amide bonds. The fourth-order valence-corrected chi connectivity index (χ4v) is 2.58. The van der Waals surface area contributed by atoms with E-state index in [4.69, 9.17) is 0 Å². The molecule has 0 spiro atoms. The van der Waals surface area contributed by atoms with Crippen LogP contribution in [0.3, 0.4) is 0 Å². The summed E-state index contributed by atoms with van der Waals surface area (Å²) in [5.74, 6) is 0.227. The van der Waals surface area contributed by atoms with Crippen molar-refractivity contribution in [3.8, 4) is 0 Å². The molecule has 2 aromatic rings. The summed E-state index contributed by atoms with van der Waals surface area (Å²) in [6.45, 7) is 5.74. The van der Waals surface area contributed by atoms with Gasteiger partial charge in [0.15, 0.2) is 0 Å². The zero-order valence-electron chi connectivity index (χ0n) is 14.4. The Morgan fingerprint density at radius 3 is 2.12 bits per heavy atom. The predicted molar refractivity (Wildman–Crippen MR) is 96.8 cm³/mol. The average Bonchev–Trinajstić information content (AvgIpc) is 2.54. The molecule has 4 nitrogen and oxygen atoms in total. The molecule has 126 valence electrons. The molecular weight excluding hydrogens is 300 g/mol. The van der Waals surface area contributed by atoms with Gasteiger partial charge >= 0.3 is 0 Å². The number of benzene rings is 2. The molecule has 0 saturated carbocycles. The lowest BCUT2D eigenvalue weighted by molar-refractivity contribution is -0.114. The van der Waals surface area contributed by atoms with Crippen LogP contribution in [-0.4, -0.2) is 11.8 Å². The maximum absolute atomic E-state index is 12.5. The molecule has 0 aliphatic rings. The zero-order chi connectivity index (χ0) is 17.5. The molecule has 1 unspecified atom stereocenters. The Bertz CT molecular complexity index is 679. The molecule has 0 aromatic heterocycles. The van der Waals surface area contributed by atoms with E-state index in [0.717, 1.165) is 12.0 Å². The highest BCUT2D eigenvalue weighted by molar-refractivity contribution is 5.95. The second kappa shape index (κ2) is 8.29. The van der Waals surface area contributed by atoms with E-state index < -0.39 is 0 Å². The smallest absolute Gasteiger partial charge is 0.251 e. The van der Waals surface area contributed by atoms with E-state index in [2.05, 4.69) is 24.5 Å². The summed E-state index contributed by atoms with van der Waals surface area (Å²) in [6.07, 6.45) is 0.875. The van der Waals surface area contributed by atoms with Crippen LogP contribution in [0.5, 0.6) is 0 Å². The first-order valence-corrected chi connectivity index (χ1v) is 8.19. The van der Waals surface area contributed by atoms with Gasteiger partial charge in [0.2, 0.25) is 5.91 Å². The SMILES string of the molecule is CC(=O)Nc1ccc(C(=O)NC(CC(C)C)c2ccccc2)cc1.